The van der Waals surface area contributed by atoms with Gasteiger partial charge in [0.2, 0.25) is 6.10 Å². The van der Waals surface area contributed by atoms with Crippen LogP contribution in [0.25, 0.3) is 6.08 Å². The van der Waals surface area contributed by atoms with Crippen LogP contribution in [-0.2, 0) is 14.3 Å². The highest BCUT2D eigenvalue weighted by Crippen LogP contribution is 2.21. The number of para-hydroxylation sites is 1. The van der Waals surface area contributed by atoms with Crippen molar-refractivity contribution in [1.29, 1.82) is 0 Å². The SMILES string of the molecule is CNC(=O)NC(=O)C(OC(=O)/C=C/c1ccccc1[N+](=O)[O-])c1ccccc1. The largest absolute Gasteiger partial charge is 0.444 e. The first-order chi connectivity index (χ1) is 13.4. The number of rotatable bonds is 6. The zero-order valence-corrected chi connectivity index (χ0v) is 14.8. The minimum absolute atomic E-state index is 0.177. The summed E-state index contributed by atoms with van der Waals surface area (Å²) in [5.41, 5.74) is 0.385. The van der Waals surface area contributed by atoms with Crippen LogP contribution in [0.3, 0.4) is 0 Å². The van der Waals surface area contributed by atoms with E-state index in [1.165, 1.54) is 31.3 Å². The van der Waals surface area contributed by atoms with E-state index < -0.39 is 28.9 Å². The quantitative estimate of drug-likeness (QED) is 0.341. The smallest absolute Gasteiger partial charge is 0.331 e. The monoisotopic (exact) mass is 383 g/mol. The average Bonchev–Trinajstić information content (AvgIpc) is 2.71. The number of nitro benzene ring substituents is 1. The van der Waals surface area contributed by atoms with Gasteiger partial charge < -0.3 is 10.1 Å². The maximum absolute atomic E-state index is 12.3. The van der Waals surface area contributed by atoms with Crippen molar-refractivity contribution in [3.63, 3.8) is 0 Å². The van der Waals surface area contributed by atoms with Gasteiger partial charge in [0.1, 0.15) is 0 Å². The summed E-state index contributed by atoms with van der Waals surface area (Å²) in [5.74, 6) is -1.74. The van der Waals surface area contributed by atoms with Crippen LogP contribution in [0.15, 0.2) is 60.7 Å². The lowest BCUT2D eigenvalue weighted by atomic mass is 10.1. The Morgan fingerprint density at radius 2 is 1.71 bits per heavy atom. The predicted molar refractivity (Wildman–Crippen MR) is 100 cm³/mol. The van der Waals surface area contributed by atoms with E-state index in [1.54, 1.807) is 36.4 Å². The standard InChI is InChI=1S/C19H17N3O6/c1-20-19(25)21-18(24)17(14-8-3-2-4-9-14)28-16(23)12-11-13-7-5-6-10-15(13)22(26)27/h2-12,17H,1H3,(H2,20,21,24,25)/b12-11+. The third kappa shape index (κ3) is 5.49. The van der Waals surface area contributed by atoms with Crippen LogP contribution in [0.2, 0.25) is 0 Å². The summed E-state index contributed by atoms with van der Waals surface area (Å²) in [5, 5.41) is 15.3. The van der Waals surface area contributed by atoms with Crippen LogP contribution in [0.4, 0.5) is 10.5 Å². The molecule has 0 aromatic heterocycles. The van der Waals surface area contributed by atoms with Crippen molar-refractivity contribution in [3.05, 3.63) is 81.9 Å². The molecule has 0 bridgehead atoms. The summed E-state index contributed by atoms with van der Waals surface area (Å²) < 4.78 is 5.18. The van der Waals surface area contributed by atoms with E-state index in [-0.39, 0.29) is 11.3 Å². The van der Waals surface area contributed by atoms with E-state index in [0.29, 0.717) is 5.56 Å². The minimum atomic E-state index is -1.37. The molecular weight excluding hydrogens is 366 g/mol. The van der Waals surface area contributed by atoms with Gasteiger partial charge in [0, 0.05) is 24.8 Å². The number of hydrogen-bond donors (Lipinski definition) is 2. The van der Waals surface area contributed by atoms with E-state index in [0.717, 1.165) is 6.08 Å². The maximum Gasteiger partial charge on any atom is 0.331 e. The molecule has 0 saturated carbocycles. The summed E-state index contributed by atoms with van der Waals surface area (Å²) in [7, 11) is 1.33. The number of esters is 1. The van der Waals surface area contributed by atoms with E-state index in [9.17, 15) is 24.5 Å². The lowest BCUT2D eigenvalue weighted by molar-refractivity contribution is -0.385. The summed E-state index contributed by atoms with van der Waals surface area (Å²) in [6, 6.07) is 13.2. The van der Waals surface area contributed by atoms with Gasteiger partial charge in [-0.1, -0.05) is 42.5 Å². The van der Waals surface area contributed by atoms with Crippen molar-refractivity contribution < 1.29 is 24.0 Å². The van der Waals surface area contributed by atoms with Crippen LogP contribution >= 0.6 is 0 Å². The van der Waals surface area contributed by atoms with Gasteiger partial charge in [-0.25, -0.2) is 9.59 Å². The van der Waals surface area contributed by atoms with Gasteiger partial charge in [-0.05, 0) is 12.1 Å². The zero-order valence-electron chi connectivity index (χ0n) is 14.8. The van der Waals surface area contributed by atoms with Crippen LogP contribution in [-0.4, -0.2) is 29.9 Å². The first kappa shape index (κ1) is 20.3. The summed E-state index contributed by atoms with van der Waals surface area (Å²) in [4.78, 5) is 46.3. The molecule has 0 fully saturated rings. The highest BCUT2D eigenvalue weighted by atomic mass is 16.6. The van der Waals surface area contributed by atoms with Gasteiger partial charge in [-0.3, -0.25) is 20.2 Å². The number of imide groups is 1. The maximum atomic E-state index is 12.3. The Kier molecular flexibility index (Phi) is 6.98. The van der Waals surface area contributed by atoms with Crippen molar-refractivity contribution in [3.8, 4) is 0 Å². The van der Waals surface area contributed by atoms with Crippen molar-refractivity contribution in [1.82, 2.24) is 10.6 Å². The van der Waals surface area contributed by atoms with E-state index in [1.807, 2.05) is 0 Å². The number of nitro groups is 1. The third-order valence-corrected chi connectivity index (χ3v) is 3.57. The molecule has 2 aromatic carbocycles. The molecule has 144 valence electrons. The second kappa shape index (κ2) is 9.62. The summed E-state index contributed by atoms with van der Waals surface area (Å²) in [6.07, 6.45) is 0.825. The molecule has 1 unspecified atom stereocenters. The van der Waals surface area contributed by atoms with Gasteiger partial charge in [0.15, 0.2) is 0 Å². The Bertz CT molecular complexity index is 911. The highest BCUT2D eigenvalue weighted by molar-refractivity contribution is 5.98. The van der Waals surface area contributed by atoms with Gasteiger partial charge in [0.25, 0.3) is 11.6 Å². The summed E-state index contributed by atoms with van der Waals surface area (Å²) in [6.45, 7) is 0. The van der Waals surface area contributed by atoms with Crippen molar-refractivity contribution in [2.75, 3.05) is 7.05 Å². The lowest BCUT2D eigenvalue weighted by Gasteiger charge is -2.16. The Hall–Kier alpha value is -4.01. The molecule has 3 amide bonds. The van der Waals surface area contributed by atoms with Gasteiger partial charge in [0.05, 0.1) is 10.5 Å². The van der Waals surface area contributed by atoms with Gasteiger partial charge in [-0.15, -0.1) is 0 Å². The molecular formula is C19H17N3O6. The fourth-order valence-corrected chi connectivity index (χ4v) is 2.25. The van der Waals surface area contributed by atoms with Crippen molar-refractivity contribution in [2.24, 2.45) is 0 Å². The van der Waals surface area contributed by atoms with E-state index in [4.69, 9.17) is 4.74 Å². The topological polar surface area (TPSA) is 128 Å². The van der Waals surface area contributed by atoms with Gasteiger partial charge in [-0.2, -0.15) is 0 Å². The molecule has 0 saturated heterocycles. The molecule has 0 radical (unpaired) electrons. The van der Waals surface area contributed by atoms with Gasteiger partial charge >= 0.3 is 12.0 Å². The fraction of sp³-hybridized carbons (Fsp3) is 0.105. The Balaban J connectivity index is 2.20. The highest BCUT2D eigenvalue weighted by Gasteiger charge is 2.25. The zero-order chi connectivity index (χ0) is 20.5. The fourth-order valence-electron chi connectivity index (χ4n) is 2.25. The molecule has 0 aliphatic rings. The second-order valence-electron chi connectivity index (χ2n) is 5.45. The molecule has 9 heteroatoms. The molecule has 1 atom stereocenters. The van der Waals surface area contributed by atoms with Crippen LogP contribution in [0.1, 0.15) is 17.2 Å². The third-order valence-electron chi connectivity index (χ3n) is 3.57. The number of carbonyl (C=O) groups is 3. The molecule has 28 heavy (non-hydrogen) atoms. The number of amides is 3. The molecule has 2 aromatic rings. The molecule has 0 aliphatic heterocycles. The van der Waals surface area contributed by atoms with E-state index >= 15 is 0 Å². The molecule has 2 N–H and O–H groups in total. The molecule has 0 spiro atoms. The summed E-state index contributed by atoms with van der Waals surface area (Å²) >= 11 is 0. The second-order valence-corrected chi connectivity index (χ2v) is 5.45. The number of carbonyl (C=O) groups excluding carboxylic acids is 3. The number of nitrogens with one attached hydrogen (secondary N) is 2. The number of hydrogen-bond acceptors (Lipinski definition) is 6. The molecule has 2 rings (SSSR count). The van der Waals surface area contributed by atoms with Crippen molar-refractivity contribution in [2.45, 2.75) is 6.10 Å². The first-order valence-electron chi connectivity index (χ1n) is 8.12. The molecule has 9 nitrogen and oxygen atoms in total. The van der Waals surface area contributed by atoms with Crippen LogP contribution < -0.4 is 10.6 Å². The first-order valence-corrected chi connectivity index (χ1v) is 8.12. The number of nitrogens with zero attached hydrogens (tertiary/aromatic N) is 1. The Morgan fingerprint density at radius 1 is 1.07 bits per heavy atom. The Labute approximate surface area is 160 Å². The number of urea groups is 1. The minimum Gasteiger partial charge on any atom is -0.444 e. The van der Waals surface area contributed by atoms with Crippen LogP contribution in [0, 0.1) is 10.1 Å². The predicted octanol–water partition coefficient (Wildman–Crippen LogP) is 2.35. The average molecular weight is 383 g/mol. The lowest BCUT2D eigenvalue weighted by Crippen LogP contribution is -2.41. The normalized spacial score (nSPS) is 11.5. The number of benzene rings is 2. The number of ether oxygens (including phenoxy) is 1. The van der Waals surface area contributed by atoms with Crippen LogP contribution in [0.5, 0.6) is 0 Å². The van der Waals surface area contributed by atoms with E-state index in [2.05, 4.69) is 10.6 Å². The molecule has 0 aliphatic carbocycles. The van der Waals surface area contributed by atoms with Crippen molar-refractivity contribution >= 4 is 29.7 Å². The molecule has 0 heterocycles. The Morgan fingerprint density at radius 3 is 2.36 bits per heavy atom.